The van der Waals surface area contributed by atoms with Crippen molar-refractivity contribution in [3.63, 3.8) is 0 Å². The molecule has 1 rings (SSSR count). The van der Waals surface area contributed by atoms with E-state index in [9.17, 15) is 4.39 Å². The van der Waals surface area contributed by atoms with E-state index in [2.05, 4.69) is 18.4 Å². The van der Waals surface area contributed by atoms with E-state index in [0.717, 1.165) is 19.0 Å². The molecule has 0 N–H and O–H groups in total. The van der Waals surface area contributed by atoms with E-state index >= 15 is 0 Å². The van der Waals surface area contributed by atoms with Gasteiger partial charge in [0.05, 0.1) is 0 Å². The third-order valence-corrected chi connectivity index (χ3v) is 2.48. The third-order valence-electron chi connectivity index (χ3n) is 2.48. The zero-order valence-electron chi connectivity index (χ0n) is 10.3. The lowest BCUT2D eigenvalue weighted by Gasteiger charge is -2.32. The van der Waals surface area contributed by atoms with E-state index < -0.39 is 6.67 Å². The Labute approximate surface area is 93.1 Å². The van der Waals surface area contributed by atoms with Crippen molar-refractivity contribution >= 4 is 0 Å². The molecular formula is C12H24FNO. The van der Waals surface area contributed by atoms with Crippen LogP contribution in [-0.4, -0.2) is 31.3 Å². The van der Waals surface area contributed by atoms with Crippen LogP contribution in [0.3, 0.4) is 0 Å². The van der Waals surface area contributed by atoms with Gasteiger partial charge in [0.2, 0.25) is 0 Å². The summed E-state index contributed by atoms with van der Waals surface area (Å²) < 4.78 is 16.9. The van der Waals surface area contributed by atoms with E-state index in [1.54, 1.807) is 0 Å². The maximum absolute atomic E-state index is 11.8. The van der Waals surface area contributed by atoms with Gasteiger partial charge in [-0.25, -0.2) is 4.39 Å². The van der Waals surface area contributed by atoms with Crippen LogP contribution in [0.5, 0.6) is 0 Å². The van der Waals surface area contributed by atoms with E-state index in [0.29, 0.717) is 5.88 Å². The van der Waals surface area contributed by atoms with Crippen LogP contribution in [0.4, 0.5) is 4.39 Å². The first-order valence-electron chi connectivity index (χ1n) is 5.86. The van der Waals surface area contributed by atoms with E-state index in [1.165, 1.54) is 12.8 Å². The summed E-state index contributed by atoms with van der Waals surface area (Å²) in [6, 6.07) is 0. The second kappa shape index (κ2) is 8.57. The summed E-state index contributed by atoms with van der Waals surface area (Å²) in [5, 5.41) is 0. The Hall–Kier alpha value is -0.730. The van der Waals surface area contributed by atoms with E-state index in [-0.39, 0.29) is 6.61 Å². The fourth-order valence-electron chi connectivity index (χ4n) is 1.51. The Morgan fingerprint density at radius 2 is 1.93 bits per heavy atom. The molecule has 0 aliphatic carbocycles. The average Bonchev–Trinajstić information content (AvgIpc) is 2.29. The Balaban J connectivity index is 0.000000921. The first-order valence-corrected chi connectivity index (χ1v) is 5.86. The predicted molar refractivity (Wildman–Crippen MR) is 62.4 cm³/mol. The van der Waals surface area contributed by atoms with Crippen molar-refractivity contribution in [1.82, 2.24) is 4.90 Å². The SMILES string of the molecule is C=C(OCCF)N1CCC(C)CC1.CC. The minimum Gasteiger partial charge on any atom is -0.477 e. The quantitative estimate of drug-likeness (QED) is 0.670. The summed E-state index contributed by atoms with van der Waals surface area (Å²) in [5.41, 5.74) is 0. The minimum absolute atomic E-state index is 0.130. The van der Waals surface area contributed by atoms with Crippen LogP contribution >= 0.6 is 0 Å². The number of halogens is 1. The summed E-state index contributed by atoms with van der Waals surface area (Å²) in [5.74, 6) is 1.43. The van der Waals surface area contributed by atoms with Gasteiger partial charge < -0.3 is 9.64 Å². The first kappa shape index (κ1) is 14.3. The maximum atomic E-state index is 11.8. The van der Waals surface area contributed by atoms with Gasteiger partial charge in [-0.15, -0.1) is 0 Å². The number of nitrogens with zero attached hydrogens (tertiary/aromatic N) is 1. The van der Waals surface area contributed by atoms with Gasteiger partial charge in [0.15, 0.2) is 5.88 Å². The lowest BCUT2D eigenvalue weighted by molar-refractivity contribution is 0.0835. The van der Waals surface area contributed by atoms with Crippen LogP contribution < -0.4 is 0 Å². The van der Waals surface area contributed by atoms with Gasteiger partial charge in [0, 0.05) is 13.1 Å². The van der Waals surface area contributed by atoms with Crippen LogP contribution in [0.25, 0.3) is 0 Å². The molecule has 0 aromatic rings. The van der Waals surface area contributed by atoms with Crippen LogP contribution in [-0.2, 0) is 4.74 Å². The Kier molecular flexibility index (Phi) is 8.15. The molecule has 3 heteroatoms. The number of alkyl halides is 1. The highest BCUT2D eigenvalue weighted by atomic mass is 19.1. The Morgan fingerprint density at radius 1 is 1.40 bits per heavy atom. The molecule has 15 heavy (non-hydrogen) atoms. The van der Waals surface area contributed by atoms with Crippen LogP contribution in [0.2, 0.25) is 0 Å². The second-order valence-electron chi connectivity index (χ2n) is 3.60. The number of likely N-dealkylation sites (tertiary alicyclic amines) is 1. The van der Waals surface area contributed by atoms with Gasteiger partial charge in [-0.05, 0) is 25.3 Å². The number of ether oxygens (including phenoxy) is 1. The van der Waals surface area contributed by atoms with E-state index in [4.69, 9.17) is 4.74 Å². The largest absolute Gasteiger partial charge is 0.477 e. The van der Waals surface area contributed by atoms with Crippen LogP contribution in [0.15, 0.2) is 12.5 Å². The van der Waals surface area contributed by atoms with Crippen molar-refractivity contribution in [2.24, 2.45) is 5.92 Å². The molecule has 0 saturated carbocycles. The van der Waals surface area contributed by atoms with Crippen molar-refractivity contribution in [3.8, 4) is 0 Å². The van der Waals surface area contributed by atoms with Crippen molar-refractivity contribution < 1.29 is 9.13 Å². The molecular weight excluding hydrogens is 193 g/mol. The molecule has 1 aliphatic heterocycles. The predicted octanol–water partition coefficient (Wildman–Crippen LogP) is 3.20. The molecule has 2 nitrogen and oxygen atoms in total. The lowest BCUT2D eigenvalue weighted by Crippen LogP contribution is -2.33. The molecule has 1 saturated heterocycles. The number of hydrogen-bond acceptors (Lipinski definition) is 2. The van der Waals surface area contributed by atoms with Crippen molar-refractivity contribution in [2.45, 2.75) is 33.6 Å². The normalized spacial score (nSPS) is 16.7. The van der Waals surface area contributed by atoms with Crippen molar-refractivity contribution in [3.05, 3.63) is 12.5 Å². The summed E-state index contributed by atoms with van der Waals surface area (Å²) in [7, 11) is 0. The van der Waals surface area contributed by atoms with E-state index in [1.807, 2.05) is 13.8 Å². The molecule has 0 bridgehead atoms. The van der Waals surface area contributed by atoms with Crippen molar-refractivity contribution in [1.29, 1.82) is 0 Å². The standard InChI is InChI=1S/C10H18FNO.C2H6/c1-9-3-6-12(7-4-9)10(2)13-8-5-11;1-2/h9H,2-8H2,1H3;1-2H3. The zero-order chi connectivity index (χ0) is 11.7. The van der Waals surface area contributed by atoms with Crippen LogP contribution in [0.1, 0.15) is 33.6 Å². The average molecular weight is 217 g/mol. The minimum atomic E-state index is -0.441. The highest BCUT2D eigenvalue weighted by molar-refractivity contribution is 4.86. The smallest absolute Gasteiger partial charge is 0.181 e. The molecule has 0 radical (unpaired) electrons. The van der Waals surface area contributed by atoms with Gasteiger partial charge >= 0.3 is 0 Å². The van der Waals surface area contributed by atoms with Gasteiger partial charge in [-0.2, -0.15) is 0 Å². The fourth-order valence-corrected chi connectivity index (χ4v) is 1.51. The molecule has 0 aromatic carbocycles. The Bertz CT molecular complexity index is 165. The number of piperidine rings is 1. The summed E-state index contributed by atoms with van der Waals surface area (Å²) in [6.07, 6.45) is 2.36. The molecule has 90 valence electrons. The fraction of sp³-hybridized carbons (Fsp3) is 0.833. The molecule has 1 heterocycles. The maximum Gasteiger partial charge on any atom is 0.181 e. The lowest BCUT2D eigenvalue weighted by atomic mass is 10.00. The zero-order valence-corrected chi connectivity index (χ0v) is 10.3. The molecule has 0 spiro atoms. The highest BCUT2D eigenvalue weighted by Gasteiger charge is 2.17. The molecule has 0 aromatic heterocycles. The summed E-state index contributed by atoms with van der Waals surface area (Å²) >= 11 is 0. The molecule has 1 fully saturated rings. The van der Waals surface area contributed by atoms with Gasteiger partial charge in [0.1, 0.15) is 13.3 Å². The number of rotatable bonds is 4. The Morgan fingerprint density at radius 3 is 2.40 bits per heavy atom. The molecule has 1 aliphatic rings. The van der Waals surface area contributed by atoms with Crippen molar-refractivity contribution in [2.75, 3.05) is 26.4 Å². The first-order chi connectivity index (χ1) is 7.24. The van der Waals surface area contributed by atoms with Gasteiger partial charge in [-0.1, -0.05) is 20.8 Å². The van der Waals surface area contributed by atoms with Gasteiger partial charge in [0.25, 0.3) is 0 Å². The molecule has 0 unspecified atom stereocenters. The summed E-state index contributed by atoms with van der Waals surface area (Å²) in [6.45, 7) is 11.7. The monoisotopic (exact) mass is 217 g/mol. The topological polar surface area (TPSA) is 12.5 Å². The highest BCUT2D eigenvalue weighted by Crippen LogP contribution is 2.19. The van der Waals surface area contributed by atoms with Gasteiger partial charge in [-0.3, -0.25) is 0 Å². The summed E-state index contributed by atoms with van der Waals surface area (Å²) in [4.78, 5) is 2.09. The third kappa shape index (κ3) is 5.65. The van der Waals surface area contributed by atoms with Crippen LogP contribution in [0, 0.1) is 5.92 Å². The second-order valence-corrected chi connectivity index (χ2v) is 3.60. The molecule has 0 amide bonds. The molecule has 0 atom stereocenters. The number of hydrogen-bond donors (Lipinski definition) is 0.